The van der Waals surface area contributed by atoms with Crippen molar-refractivity contribution in [2.45, 2.75) is 39.5 Å². The average molecular weight is 429 g/mol. The fourth-order valence-corrected chi connectivity index (χ4v) is 3.72. The summed E-state index contributed by atoms with van der Waals surface area (Å²) in [6.45, 7) is 4.15. The molecular formula is C17H19Br2NO2. The first kappa shape index (κ1) is 17.4. The van der Waals surface area contributed by atoms with Gasteiger partial charge in [-0.1, -0.05) is 48.7 Å². The highest BCUT2D eigenvalue weighted by atomic mass is 79.9. The molecule has 0 N–H and O–H groups in total. The second kappa shape index (κ2) is 8.06. The predicted octanol–water partition coefficient (Wildman–Crippen LogP) is 5.88. The van der Waals surface area contributed by atoms with Crippen molar-refractivity contribution >= 4 is 48.7 Å². The number of esters is 1. The predicted molar refractivity (Wildman–Crippen MR) is 96.1 cm³/mol. The molecule has 0 aliphatic rings. The average Bonchev–Trinajstić information content (AvgIpc) is 2.52. The Balaban J connectivity index is 2.33. The number of halogens is 2. The van der Waals surface area contributed by atoms with Gasteiger partial charge in [-0.05, 0) is 40.9 Å². The largest absolute Gasteiger partial charge is 0.423 e. The van der Waals surface area contributed by atoms with E-state index in [1.807, 2.05) is 25.1 Å². The number of benzene rings is 1. The third-order valence-corrected chi connectivity index (χ3v) is 4.93. The van der Waals surface area contributed by atoms with Crippen LogP contribution in [0.4, 0.5) is 0 Å². The maximum absolute atomic E-state index is 12.4. The molecule has 0 aliphatic carbocycles. The van der Waals surface area contributed by atoms with Gasteiger partial charge in [0, 0.05) is 16.1 Å². The lowest BCUT2D eigenvalue weighted by Gasteiger charge is -2.15. The summed E-state index contributed by atoms with van der Waals surface area (Å²) < 4.78 is 7.34. The molecule has 0 spiro atoms. The van der Waals surface area contributed by atoms with E-state index in [9.17, 15) is 4.79 Å². The Morgan fingerprint density at radius 3 is 2.77 bits per heavy atom. The number of fused-ring (bicyclic) bond motifs is 1. The molecule has 0 amide bonds. The van der Waals surface area contributed by atoms with Crippen molar-refractivity contribution in [2.75, 3.05) is 0 Å². The number of aromatic nitrogens is 1. The number of hydrogen-bond acceptors (Lipinski definition) is 3. The smallest absolute Gasteiger partial charge is 0.314 e. The quantitative estimate of drug-likeness (QED) is 0.425. The Kier molecular flexibility index (Phi) is 6.38. The zero-order valence-electron chi connectivity index (χ0n) is 12.7. The molecule has 3 nitrogen and oxygen atoms in total. The van der Waals surface area contributed by atoms with E-state index in [1.54, 1.807) is 6.20 Å². The molecule has 0 aliphatic heterocycles. The Morgan fingerprint density at radius 1 is 1.32 bits per heavy atom. The highest BCUT2D eigenvalue weighted by Gasteiger charge is 2.21. The molecule has 1 heterocycles. The Bertz CT molecular complexity index is 673. The monoisotopic (exact) mass is 427 g/mol. The Hall–Kier alpha value is -0.940. The summed E-state index contributed by atoms with van der Waals surface area (Å²) in [5, 5.41) is 0.926. The molecular weight excluding hydrogens is 410 g/mol. The molecule has 0 saturated heterocycles. The summed E-state index contributed by atoms with van der Waals surface area (Å²) >= 11 is 6.99. The normalized spacial score (nSPS) is 12.4. The Labute approximate surface area is 147 Å². The van der Waals surface area contributed by atoms with Crippen LogP contribution in [0.15, 0.2) is 33.3 Å². The van der Waals surface area contributed by atoms with Crippen LogP contribution >= 0.6 is 31.9 Å². The first-order chi connectivity index (χ1) is 10.6. The van der Waals surface area contributed by atoms with E-state index >= 15 is 0 Å². The number of carbonyl (C=O) groups is 1. The lowest BCUT2D eigenvalue weighted by atomic mass is 10.00. The maximum Gasteiger partial charge on any atom is 0.314 e. The topological polar surface area (TPSA) is 39.2 Å². The summed E-state index contributed by atoms with van der Waals surface area (Å²) in [5.41, 5.74) is 0.683. The lowest BCUT2D eigenvalue weighted by molar-refractivity contribution is -0.139. The molecule has 1 aromatic carbocycles. The number of carbonyl (C=O) groups excluding carboxylic acids is 1. The molecule has 0 bridgehead atoms. The molecule has 118 valence electrons. The molecule has 2 aromatic rings. The van der Waals surface area contributed by atoms with Gasteiger partial charge in [-0.2, -0.15) is 0 Å². The van der Waals surface area contributed by atoms with Gasteiger partial charge in [-0.15, -0.1) is 0 Å². The van der Waals surface area contributed by atoms with E-state index < -0.39 is 0 Å². The van der Waals surface area contributed by atoms with Crippen molar-refractivity contribution in [3.63, 3.8) is 0 Å². The molecule has 0 saturated carbocycles. The molecule has 1 atom stereocenters. The van der Waals surface area contributed by atoms with E-state index in [4.69, 9.17) is 4.74 Å². The third kappa shape index (κ3) is 3.87. The first-order valence-corrected chi connectivity index (χ1v) is 9.11. The number of ether oxygens (including phenoxy) is 1. The van der Waals surface area contributed by atoms with Gasteiger partial charge in [0.15, 0.2) is 5.75 Å². The highest BCUT2D eigenvalue weighted by molar-refractivity contribution is 9.11. The fourth-order valence-electron chi connectivity index (χ4n) is 2.37. The highest BCUT2D eigenvalue weighted by Crippen LogP contribution is 2.37. The minimum Gasteiger partial charge on any atom is -0.423 e. The van der Waals surface area contributed by atoms with Gasteiger partial charge in [0.05, 0.1) is 10.4 Å². The van der Waals surface area contributed by atoms with Gasteiger partial charge in [0.2, 0.25) is 0 Å². The molecule has 1 aromatic heterocycles. The summed E-state index contributed by atoms with van der Waals surface area (Å²) in [6, 6.07) is 5.70. The Morgan fingerprint density at radius 2 is 2.09 bits per heavy atom. The number of pyridine rings is 1. The second-order valence-corrected chi connectivity index (χ2v) is 6.95. The summed E-state index contributed by atoms with van der Waals surface area (Å²) in [5.74, 6) is 0.263. The first-order valence-electron chi connectivity index (χ1n) is 7.52. The van der Waals surface area contributed by atoms with Crippen molar-refractivity contribution in [3.05, 3.63) is 33.3 Å². The van der Waals surface area contributed by atoms with E-state index in [0.717, 1.165) is 40.0 Å². The van der Waals surface area contributed by atoms with Crippen LogP contribution in [-0.2, 0) is 4.79 Å². The standard InChI is InChI=1S/C17H19Br2NO2/c1-3-5-7-11(4-2)17(21)22-16-14(19)10-13(18)12-8-6-9-20-15(12)16/h6,8-11H,3-5,7H2,1-2H3. The maximum atomic E-state index is 12.4. The molecule has 5 heteroatoms. The van der Waals surface area contributed by atoms with E-state index in [0.29, 0.717) is 11.3 Å². The zero-order chi connectivity index (χ0) is 16.1. The van der Waals surface area contributed by atoms with Gasteiger partial charge in [-0.25, -0.2) is 0 Å². The molecule has 1 unspecified atom stereocenters. The van der Waals surface area contributed by atoms with Crippen LogP contribution in [0.3, 0.4) is 0 Å². The number of hydrogen-bond donors (Lipinski definition) is 0. The second-order valence-electron chi connectivity index (χ2n) is 5.24. The van der Waals surface area contributed by atoms with Gasteiger partial charge >= 0.3 is 5.97 Å². The van der Waals surface area contributed by atoms with Gasteiger partial charge in [0.1, 0.15) is 5.52 Å². The van der Waals surface area contributed by atoms with E-state index in [1.165, 1.54) is 0 Å². The van der Waals surface area contributed by atoms with Crippen LogP contribution in [0, 0.1) is 5.92 Å². The molecule has 22 heavy (non-hydrogen) atoms. The summed E-state index contributed by atoms with van der Waals surface area (Å²) in [7, 11) is 0. The summed E-state index contributed by atoms with van der Waals surface area (Å²) in [6.07, 6.45) is 5.47. The molecule has 0 radical (unpaired) electrons. The van der Waals surface area contributed by atoms with Gasteiger partial charge in [-0.3, -0.25) is 9.78 Å². The number of rotatable bonds is 6. The number of unbranched alkanes of at least 4 members (excludes halogenated alkanes) is 1. The van der Waals surface area contributed by atoms with Crippen molar-refractivity contribution in [1.82, 2.24) is 4.98 Å². The van der Waals surface area contributed by atoms with Crippen LogP contribution < -0.4 is 4.74 Å². The van der Waals surface area contributed by atoms with E-state index in [2.05, 4.69) is 43.8 Å². The zero-order valence-corrected chi connectivity index (χ0v) is 15.9. The fraction of sp³-hybridized carbons (Fsp3) is 0.412. The van der Waals surface area contributed by atoms with Gasteiger partial charge < -0.3 is 4.74 Å². The minimum atomic E-state index is -0.175. The van der Waals surface area contributed by atoms with Crippen molar-refractivity contribution in [2.24, 2.45) is 5.92 Å². The van der Waals surface area contributed by atoms with Crippen molar-refractivity contribution < 1.29 is 9.53 Å². The van der Waals surface area contributed by atoms with Crippen molar-refractivity contribution in [1.29, 1.82) is 0 Å². The number of nitrogens with zero attached hydrogens (tertiary/aromatic N) is 1. The lowest BCUT2D eigenvalue weighted by Crippen LogP contribution is -2.20. The van der Waals surface area contributed by atoms with Crippen LogP contribution in [0.25, 0.3) is 10.9 Å². The van der Waals surface area contributed by atoms with Crippen LogP contribution in [0.1, 0.15) is 39.5 Å². The van der Waals surface area contributed by atoms with Crippen LogP contribution in [0.5, 0.6) is 5.75 Å². The van der Waals surface area contributed by atoms with Crippen LogP contribution in [0.2, 0.25) is 0 Å². The van der Waals surface area contributed by atoms with Crippen molar-refractivity contribution in [3.8, 4) is 5.75 Å². The van der Waals surface area contributed by atoms with E-state index in [-0.39, 0.29) is 11.9 Å². The van der Waals surface area contributed by atoms with Crippen LogP contribution in [-0.4, -0.2) is 11.0 Å². The third-order valence-electron chi connectivity index (χ3n) is 3.69. The van der Waals surface area contributed by atoms with Gasteiger partial charge in [0.25, 0.3) is 0 Å². The molecule has 2 rings (SSSR count). The minimum absolute atomic E-state index is 0.0609. The molecule has 0 fully saturated rings. The SMILES string of the molecule is CCCCC(CC)C(=O)Oc1c(Br)cc(Br)c2cccnc12. The summed E-state index contributed by atoms with van der Waals surface area (Å²) in [4.78, 5) is 16.8.